The van der Waals surface area contributed by atoms with E-state index in [0.29, 0.717) is 22.3 Å². The second-order valence-electron chi connectivity index (χ2n) is 4.90. The lowest BCUT2D eigenvalue weighted by atomic mass is 10.1. The Labute approximate surface area is 139 Å². The number of carbonyl (C=O) groups is 1. The maximum atomic E-state index is 11.6. The van der Waals surface area contributed by atoms with Gasteiger partial charge in [0.2, 0.25) is 5.91 Å². The highest BCUT2D eigenvalue weighted by Crippen LogP contribution is 2.31. The maximum absolute atomic E-state index is 11.6. The van der Waals surface area contributed by atoms with Gasteiger partial charge in [-0.2, -0.15) is 0 Å². The summed E-state index contributed by atoms with van der Waals surface area (Å²) in [4.78, 5) is 13.1. The summed E-state index contributed by atoms with van der Waals surface area (Å²) in [7, 11) is 6.65. The molecule has 1 aromatic heterocycles. The molecular formula is C16H19N3O3S. The molecule has 2 rings (SSSR count). The maximum Gasteiger partial charge on any atom is 0.232 e. The summed E-state index contributed by atoms with van der Waals surface area (Å²) in [5, 5.41) is 9.08. The molecule has 122 valence electrons. The summed E-state index contributed by atoms with van der Waals surface area (Å²) in [5.41, 5.74) is 1.62. The lowest BCUT2D eigenvalue weighted by Gasteiger charge is -2.10. The Kier molecular flexibility index (Phi) is 5.81. The smallest absolute Gasteiger partial charge is 0.232 e. The standard InChI is InChI=1S/C16H19N3O3S/c1-19(2)16(20)10-23-15-8-6-12(17-18-15)11-5-7-13(21-3)14(9-11)22-4/h5-9H,10H2,1-4H3. The quantitative estimate of drug-likeness (QED) is 0.756. The second kappa shape index (κ2) is 7.82. The Hall–Kier alpha value is -2.28. The first-order chi connectivity index (χ1) is 11.0. The van der Waals surface area contributed by atoms with E-state index in [0.717, 1.165) is 11.3 Å². The van der Waals surface area contributed by atoms with Crippen LogP contribution in [0.5, 0.6) is 11.5 Å². The predicted molar refractivity (Wildman–Crippen MR) is 90.0 cm³/mol. The van der Waals surface area contributed by atoms with Crippen LogP contribution in [0.3, 0.4) is 0 Å². The van der Waals surface area contributed by atoms with E-state index in [9.17, 15) is 4.79 Å². The van der Waals surface area contributed by atoms with Crippen LogP contribution >= 0.6 is 11.8 Å². The van der Waals surface area contributed by atoms with E-state index in [1.807, 2.05) is 30.3 Å². The first-order valence-electron chi connectivity index (χ1n) is 6.94. The molecule has 0 fully saturated rings. The fraction of sp³-hybridized carbons (Fsp3) is 0.312. The van der Waals surface area contributed by atoms with Crippen LogP contribution in [0.15, 0.2) is 35.4 Å². The fourth-order valence-corrected chi connectivity index (χ4v) is 2.60. The van der Waals surface area contributed by atoms with Crippen molar-refractivity contribution in [1.29, 1.82) is 0 Å². The molecule has 1 aromatic carbocycles. The van der Waals surface area contributed by atoms with Crippen LogP contribution < -0.4 is 9.47 Å². The summed E-state index contributed by atoms with van der Waals surface area (Å²) in [6.07, 6.45) is 0. The molecular weight excluding hydrogens is 314 g/mol. The number of hydrogen-bond acceptors (Lipinski definition) is 6. The van der Waals surface area contributed by atoms with Gasteiger partial charge in [0.15, 0.2) is 11.5 Å². The largest absolute Gasteiger partial charge is 0.493 e. The van der Waals surface area contributed by atoms with Crippen LogP contribution in [-0.2, 0) is 4.79 Å². The molecule has 6 nitrogen and oxygen atoms in total. The minimum atomic E-state index is 0.0424. The molecule has 1 amide bonds. The van der Waals surface area contributed by atoms with Gasteiger partial charge in [-0.25, -0.2) is 0 Å². The third-order valence-electron chi connectivity index (χ3n) is 3.16. The Morgan fingerprint density at radius 2 is 1.83 bits per heavy atom. The summed E-state index contributed by atoms with van der Waals surface area (Å²) in [6, 6.07) is 9.30. The van der Waals surface area contributed by atoms with Crippen molar-refractivity contribution < 1.29 is 14.3 Å². The number of ether oxygens (including phenoxy) is 2. The molecule has 0 atom stereocenters. The SMILES string of the molecule is COc1ccc(-c2ccc(SCC(=O)N(C)C)nn2)cc1OC. The third-order valence-corrected chi connectivity index (χ3v) is 4.07. The summed E-state index contributed by atoms with van der Waals surface area (Å²) >= 11 is 1.36. The zero-order valence-electron chi connectivity index (χ0n) is 13.6. The van der Waals surface area contributed by atoms with Crippen LogP contribution in [-0.4, -0.2) is 55.1 Å². The average molecular weight is 333 g/mol. The highest BCUT2D eigenvalue weighted by molar-refractivity contribution is 7.99. The number of nitrogens with zero attached hydrogens (tertiary/aromatic N) is 3. The number of thioether (sulfide) groups is 1. The first kappa shape index (κ1) is 17.1. The third kappa shape index (κ3) is 4.35. The molecule has 0 aliphatic carbocycles. The lowest BCUT2D eigenvalue weighted by molar-refractivity contribution is -0.125. The van der Waals surface area contributed by atoms with Crippen molar-refractivity contribution in [3.05, 3.63) is 30.3 Å². The molecule has 0 aliphatic rings. The molecule has 0 unspecified atom stereocenters. The van der Waals surface area contributed by atoms with E-state index in [2.05, 4.69) is 10.2 Å². The van der Waals surface area contributed by atoms with Crippen LogP contribution in [0.25, 0.3) is 11.3 Å². The fourth-order valence-electron chi connectivity index (χ4n) is 1.81. The van der Waals surface area contributed by atoms with Crippen molar-refractivity contribution in [3.63, 3.8) is 0 Å². The van der Waals surface area contributed by atoms with Gasteiger partial charge in [0.05, 0.1) is 25.7 Å². The van der Waals surface area contributed by atoms with E-state index in [1.54, 1.807) is 33.2 Å². The van der Waals surface area contributed by atoms with Crippen molar-refractivity contribution in [2.45, 2.75) is 5.03 Å². The zero-order valence-corrected chi connectivity index (χ0v) is 14.4. The minimum absolute atomic E-state index is 0.0424. The van der Waals surface area contributed by atoms with Crippen molar-refractivity contribution in [1.82, 2.24) is 15.1 Å². The molecule has 2 aromatic rings. The second-order valence-corrected chi connectivity index (χ2v) is 5.90. The van der Waals surface area contributed by atoms with E-state index in [-0.39, 0.29) is 5.91 Å². The van der Waals surface area contributed by atoms with Crippen LogP contribution in [0.2, 0.25) is 0 Å². The Bertz CT molecular complexity index is 675. The van der Waals surface area contributed by atoms with Gasteiger partial charge in [-0.15, -0.1) is 10.2 Å². The predicted octanol–water partition coefficient (Wildman–Crippen LogP) is 2.34. The van der Waals surface area contributed by atoms with Crippen molar-refractivity contribution in [2.24, 2.45) is 0 Å². The molecule has 1 heterocycles. The van der Waals surface area contributed by atoms with Gasteiger partial charge >= 0.3 is 0 Å². The van der Waals surface area contributed by atoms with Gasteiger partial charge in [-0.1, -0.05) is 11.8 Å². The first-order valence-corrected chi connectivity index (χ1v) is 7.92. The molecule has 7 heteroatoms. The van der Waals surface area contributed by atoms with Crippen molar-refractivity contribution in [3.8, 4) is 22.8 Å². The Balaban J connectivity index is 2.12. The topological polar surface area (TPSA) is 64.5 Å². The number of amides is 1. The molecule has 0 spiro atoms. The average Bonchev–Trinajstić information content (AvgIpc) is 2.59. The highest BCUT2D eigenvalue weighted by Gasteiger charge is 2.09. The van der Waals surface area contributed by atoms with Gasteiger partial charge in [0.1, 0.15) is 5.03 Å². The van der Waals surface area contributed by atoms with Gasteiger partial charge < -0.3 is 14.4 Å². The number of benzene rings is 1. The van der Waals surface area contributed by atoms with Gasteiger partial charge in [0.25, 0.3) is 0 Å². The monoisotopic (exact) mass is 333 g/mol. The molecule has 23 heavy (non-hydrogen) atoms. The normalized spacial score (nSPS) is 10.3. The number of aromatic nitrogens is 2. The molecule has 0 radical (unpaired) electrons. The summed E-state index contributed by atoms with van der Waals surface area (Å²) in [6.45, 7) is 0. The Morgan fingerprint density at radius 1 is 1.09 bits per heavy atom. The summed E-state index contributed by atoms with van der Waals surface area (Å²) in [5.74, 6) is 1.69. The van der Waals surface area contributed by atoms with E-state index >= 15 is 0 Å². The lowest BCUT2D eigenvalue weighted by Crippen LogP contribution is -2.23. The molecule has 0 aliphatic heterocycles. The minimum Gasteiger partial charge on any atom is -0.493 e. The van der Waals surface area contributed by atoms with E-state index in [1.165, 1.54) is 11.8 Å². The van der Waals surface area contributed by atoms with E-state index < -0.39 is 0 Å². The van der Waals surface area contributed by atoms with Crippen LogP contribution in [0.4, 0.5) is 0 Å². The van der Waals surface area contributed by atoms with Crippen molar-refractivity contribution >= 4 is 17.7 Å². The van der Waals surface area contributed by atoms with Crippen molar-refractivity contribution in [2.75, 3.05) is 34.1 Å². The number of methoxy groups -OCH3 is 2. The molecule has 0 saturated carbocycles. The number of carbonyl (C=O) groups excluding carboxylic acids is 1. The molecule has 0 saturated heterocycles. The van der Waals surface area contributed by atoms with Gasteiger partial charge in [0, 0.05) is 19.7 Å². The van der Waals surface area contributed by atoms with Crippen LogP contribution in [0, 0.1) is 0 Å². The number of hydrogen-bond donors (Lipinski definition) is 0. The molecule has 0 bridgehead atoms. The van der Waals surface area contributed by atoms with Crippen LogP contribution in [0.1, 0.15) is 0 Å². The van der Waals surface area contributed by atoms with Gasteiger partial charge in [-0.3, -0.25) is 4.79 Å². The number of rotatable bonds is 6. The van der Waals surface area contributed by atoms with Gasteiger partial charge in [-0.05, 0) is 30.3 Å². The molecule has 0 N–H and O–H groups in total. The summed E-state index contributed by atoms with van der Waals surface area (Å²) < 4.78 is 10.5. The zero-order chi connectivity index (χ0) is 16.8. The highest BCUT2D eigenvalue weighted by atomic mass is 32.2. The van der Waals surface area contributed by atoms with E-state index in [4.69, 9.17) is 9.47 Å². The Morgan fingerprint density at radius 3 is 2.39 bits per heavy atom.